The molecule has 0 atom stereocenters. The van der Waals surface area contributed by atoms with E-state index in [1.54, 1.807) is 24.3 Å². The first-order valence-corrected chi connectivity index (χ1v) is 10.4. The van der Waals surface area contributed by atoms with Crippen LogP contribution in [0, 0.1) is 5.82 Å². The minimum atomic E-state index is -4.22. The van der Waals surface area contributed by atoms with Crippen molar-refractivity contribution in [2.24, 2.45) is 0 Å². The van der Waals surface area contributed by atoms with E-state index in [0.717, 1.165) is 25.7 Å². The van der Waals surface area contributed by atoms with Gasteiger partial charge in [0.2, 0.25) is 0 Å². The maximum Gasteiger partial charge on any atom is 0.300 e. The number of pyridine rings is 1. The lowest BCUT2D eigenvalue weighted by molar-refractivity contribution is 0.0956. The molecule has 1 amide bonds. The number of benzene rings is 1. The highest BCUT2D eigenvalue weighted by atomic mass is 32.2. The number of nitrogens with zero attached hydrogens (tertiary/aromatic N) is 3. The lowest BCUT2D eigenvalue weighted by Crippen LogP contribution is -2.36. The molecule has 0 aliphatic carbocycles. The molecule has 0 bridgehead atoms. The van der Waals surface area contributed by atoms with Crippen LogP contribution in [0.5, 0.6) is 0 Å². The Morgan fingerprint density at radius 2 is 2.03 bits per heavy atom. The highest BCUT2D eigenvalue weighted by molar-refractivity contribution is 7.90. The standard InChI is InChI=1S/C19H15FN4O4S/c20-14-8-12(23-5-3-6-23)9-15-13(14)10-16(28-15)19(25)22-29(26,27)18-11-21-17-4-1-2-7-24(17)18/h1-2,4,7-11H,3,5-6H2,(H,22,25). The van der Waals surface area contributed by atoms with Crippen LogP contribution in [0.4, 0.5) is 10.1 Å². The Kier molecular flexibility index (Phi) is 3.85. The number of furan rings is 1. The molecule has 1 saturated heterocycles. The third-order valence-corrected chi connectivity index (χ3v) is 6.21. The Bertz CT molecular complexity index is 1370. The van der Waals surface area contributed by atoms with Crippen LogP contribution in [0.15, 0.2) is 58.2 Å². The Labute approximate surface area is 164 Å². The van der Waals surface area contributed by atoms with E-state index < -0.39 is 21.7 Å². The molecular weight excluding hydrogens is 399 g/mol. The molecule has 148 valence electrons. The van der Waals surface area contributed by atoms with E-state index in [-0.39, 0.29) is 21.8 Å². The predicted octanol–water partition coefficient (Wildman–Crippen LogP) is 2.55. The van der Waals surface area contributed by atoms with E-state index in [4.69, 9.17) is 4.42 Å². The van der Waals surface area contributed by atoms with Crippen LogP contribution in [-0.4, -0.2) is 36.8 Å². The average Bonchev–Trinajstić information content (AvgIpc) is 3.24. The normalized spacial score (nSPS) is 14.3. The first-order valence-electron chi connectivity index (χ1n) is 8.90. The summed E-state index contributed by atoms with van der Waals surface area (Å²) in [6.45, 7) is 1.66. The van der Waals surface area contributed by atoms with Crippen LogP contribution >= 0.6 is 0 Å². The number of carbonyl (C=O) groups excluding carboxylic acids is 1. The highest BCUT2D eigenvalue weighted by Gasteiger charge is 2.25. The fourth-order valence-corrected chi connectivity index (χ4v) is 4.34. The van der Waals surface area contributed by atoms with Crippen LogP contribution in [0.25, 0.3) is 16.6 Å². The van der Waals surface area contributed by atoms with E-state index >= 15 is 0 Å². The molecule has 1 N–H and O–H groups in total. The number of hydrogen-bond acceptors (Lipinski definition) is 6. The quantitative estimate of drug-likeness (QED) is 0.551. The molecule has 0 unspecified atom stereocenters. The van der Waals surface area contributed by atoms with Crippen LogP contribution < -0.4 is 9.62 Å². The van der Waals surface area contributed by atoms with Crippen molar-refractivity contribution in [3.63, 3.8) is 0 Å². The second-order valence-electron chi connectivity index (χ2n) is 6.75. The van der Waals surface area contributed by atoms with Crippen molar-refractivity contribution in [2.75, 3.05) is 18.0 Å². The highest BCUT2D eigenvalue weighted by Crippen LogP contribution is 2.30. The summed E-state index contributed by atoms with van der Waals surface area (Å²) in [6.07, 6.45) is 3.71. The fraction of sp³-hybridized carbons (Fsp3) is 0.158. The molecular formula is C19H15FN4O4S. The third kappa shape index (κ3) is 2.92. The molecule has 1 aliphatic rings. The number of halogens is 1. The van der Waals surface area contributed by atoms with Gasteiger partial charge in [-0.15, -0.1) is 0 Å². The van der Waals surface area contributed by atoms with E-state index in [9.17, 15) is 17.6 Å². The number of nitrogens with one attached hydrogen (secondary N) is 1. The fourth-order valence-electron chi connectivity index (χ4n) is 3.28. The Balaban J connectivity index is 1.47. The number of fused-ring (bicyclic) bond motifs is 2. The molecule has 5 rings (SSSR count). The molecule has 3 aromatic heterocycles. The Morgan fingerprint density at radius 3 is 2.79 bits per heavy atom. The number of hydrogen-bond donors (Lipinski definition) is 1. The molecule has 0 spiro atoms. The van der Waals surface area contributed by atoms with Crippen LogP contribution in [0.1, 0.15) is 17.0 Å². The van der Waals surface area contributed by atoms with Gasteiger partial charge in [-0.25, -0.2) is 14.1 Å². The van der Waals surface area contributed by atoms with Crippen molar-refractivity contribution in [2.45, 2.75) is 11.4 Å². The van der Waals surface area contributed by atoms with Gasteiger partial charge in [-0.2, -0.15) is 8.42 Å². The molecule has 0 radical (unpaired) electrons. The molecule has 0 saturated carbocycles. The van der Waals surface area contributed by atoms with Crippen LogP contribution in [0.3, 0.4) is 0 Å². The lowest BCUT2D eigenvalue weighted by Gasteiger charge is -2.33. The van der Waals surface area contributed by atoms with Gasteiger partial charge in [0.05, 0.1) is 11.6 Å². The Morgan fingerprint density at radius 1 is 1.21 bits per heavy atom. The lowest BCUT2D eigenvalue weighted by atomic mass is 10.1. The van der Waals surface area contributed by atoms with Gasteiger partial charge in [0.1, 0.15) is 17.0 Å². The largest absolute Gasteiger partial charge is 0.451 e. The summed E-state index contributed by atoms with van der Waals surface area (Å²) < 4.78 is 48.5. The zero-order valence-corrected chi connectivity index (χ0v) is 15.8. The van der Waals surface area contributed by atoms with Crippen molar-refractivity contribution < 1.29 is 22.0 Å². The van der Waals surface area contributed by atoms with Gasteiger partial charge in [-0.3, -0.25) is 9.20 Å². The Hall–Kier alpha value is -3.40. The average molecular weight is 414 g/mol. The molecule has 1 aliphatic heterocycles. The number of amides is 1. The van der Waals surface area contributed by atoms with Gasteiger partial charge < -0.3 is 9.32 Å². The number of imidazole rings is 1. The maximum absolute atomic E-state index is 14.4. The van der Waals surface area contributed by atoms with Crippen molar-refractivity contribution in [1.29, 1.82) is 0 Å². The van der Waals surface area contributed by atoms with E-state index in [1.807, 2.05) is 9.62 Å². The van der Waals surface area contributed by atoms with E-state index in [2.05, 4.69) is 4.98 Å². The van der Waals surface area contributed by atoms with Gasteiger partial charge in [0, 0.05) is 37.1 Å². The summed E-state index contributed by atoms with van der Waals surface area (Å²) in [4.78, 5) is 18.5. The third-order valence-electron chi connectivity index (χ3n) is 4.90. The van der Waals surface area contributed by atoms with Crippen molar-refractivity contribution >= 4 is 38.2 Å². The van der Waals surface area contributed by atoms with Crippen molar-refractivity contribution in [1.82, 2.24) is 14.1 Å². The summed E-state index contributed by atoms with van der Waals surface area (Å²) in [5, 5.41) is -0.0737. The van der Waals surface area contributed by atoms with Crippen LogP contribution in [0.2, 0.25) is 0 Å². The van der Waals surface area contributed by atoms with E-state index in [1.165, 1.54) is 22.7 Å². The minimum Gasteiger partial charge on any atom is -0.451 e. The zero-order valence-electron chi connectivity index (χ0n) is 15.0. The predicted molar refractivity (Wildman–Crippen MR) is 103 cm³/mol. The number of sulfonamides is 1. The molecule has 4 heterocycles. The molecule has 1 fully saturated rings. The number of carbonyl (C=O) groups is 1. The van der Waals surface area contributed by atoms with Gasteiger partial charge in [-0.1, -0.05) is 6.07 Å². The summed E-state index contributed by atoms with van der Waals surface area (Å²) in [5.41, 5.74) is 1.27. The van der Waals surface area contributed by atoms with Crippen molar-refractivity contribution in [3.05, 3.63) is 60.4 Å². The SMILES string of the molecule is O=C(NS(=O)(=O)c1cnc2ccccn12)c1cc2c(F)cc(N3CCC3)cc2o1. The first-order chi connectivity index (χ1) is 13.9. The second-order valence-corrected chi connectivity index (χ2v) is 8.38. The van der Waals surface area contributed by atoms with Gasteiger partial charge >= 0.3 is 5.91 Å². The molecule has 8 nitrogen and oxygen atoms in total. The summed E-state index contributed by atoms with van der Waals surface area (Å²) in [7, 11) is -4.22. The molecule has 29 heavy (non-hydrogen) atoms. The van der Waals surface area contributed by atoms with Gasteiger partial charge in [-0.05, 0) is 24.6 Å². The number of rotatable bonds is 4. The van der Waals surface area contributed by atoms with Gasteiger partial charge in [0.25, 0.3) is 10.0 Å². The van der Waals surface area contributed by atoms with Crippen molar-refractivity contribution in [3.8, 4) is 0 Å². The monoisotopic (exact) mass is 414 g/mol. The molecule has 4 aromatic rings. The smallest absolute Gasteiger partial charge is 0.300 e. The zero-order chi connectivity index (χ0) is 20.2. The number of anilines is 1. The summed E-state index contributed by atoms with van der Waals surface area (Å²) in [5.74, 6) is -1.81. The topological polar surface area (TPSA) is 96.9 Å². The van der Waals surface area contributed by atoms with E-state index in [0.29, 0.717) is 11.3 Å². The number of aromatic nitrogens is 2. The van der Waals surface area contributed by atoms with Gasteiger partial charge in [0.15, 0.2) is 10.8 Å². The second kappa shape index (κ2) is 6.31. The minimum absolute atomic E-state index is 0.117. The summed E-state index contributed by atoms with van der Waals surface area (Å²) in [6, 6.07) is 9.23. The maximum atomic E-state index is 14.4. The summed E-state index contributed by atoms with van der Waals surface area (Å²) >= 11 is 0. The first kappa shape index (κ1) is 17.7. The molecule has 1 aromatic carbocycles. The molecule has 10 heteroatoms. The van der Waals surface area contributed by atoms with Crippen LogP contribution in [-0.2, 0) is 10.0 Å².